The van der Waals surface area contributed by atoms with Gasteiger partial charge in [0, 0.05) is 35.0 Å². The number of H-pyrrole nitrogens is 1. The van der Waals surface area contributed by atoms with E-state index in [1.54, 1.807) is 6.07 Å². The number of nitrogens with zero attached hydrogens (tertiary/aromatic N) is 2. The number of aromatic amines is 1. The zero-order valence-corrected chi connectivity index (χ0v) is 24.8. The van der Waals surface area contributed by atoms with Crippen molar-refractivity contribution in [3.8, 4) is 5.75 Å². The Bertz CT molecular complexity index is 1520. The number of rotatable bonds is 1. The Hall–Kier alpha value is -2.93. The van der Waals surface area contributed by atoms with E-state index in [1.807, 2.05) is 18.3 Å². The molecule has 1 spiro atoms. The van der Waals surface area contributed by atoms with Crippen LogP contribution in [-0.2, 0) is 0 Å². The van der Waals surface area contributed by atoms with E-state index in [1.165, 1.54) is 24.8 Å². The highest BCUT2D eigenvalue weighted by Gasteiger charge is 2.58. The molecular formula is C36H46N4O2. The van der Waals surface area contributed by atoms with Crippen molar-refractivity contribution in [3.05, 3.63) is 66.5 Å². The number of benzene rings is 1. The maximum atomic E-state index is 12.9. The van der Waals surface area contributed by atoms with Gasteiger partial charge in [0.2, 0.25) is 0 Å². The molecule has 4 N–H and O–H groups in total. The third-order valence-corrected chi connectivity index (χ3v) is 10.7. The quantitative estimate of drug-likeness (QED) is 0.242. The Balaban J connectivity index is 1.44. The monoisotopic (exact) mass is 566 g/mol. The molecule has 1 fully saturated rings. The topological polar surface area (TPSA) is 84.4 Å². The lowest BCUT2D eigenvalue weighted by atomic mass is 9.53. The number of allylic oxidation sites excluding steroid dienone is 5. The molecule has 1 aliphatic carbocycles. The first-order chi connectivity index (χ1) is 20.6. The lowest BCUT2D eigenvalue weighted by Gasteiger charge is -2.60. The van der Waals surface area contributed by atoms with Gasteiger partial charge in [-0.3, -0.25) is 4.98 Å². The lowest BCUT2D eigenvalue weighted by Crippen LogP contribution is -2.68. The van der Waals surface area contributed by atoms with Crippen molar-refractivity contribution in [2.24, 2.45) is 11.3 Å². The van der Waals surface area contributed by atoms with Crippen LogP contribution in [0.25, 0.3) is 27.4 Å². The summed E-state index contributed by atoms with van der Waals surface area (Å²) in [6.45, 7) is 4.13. The van der Waals surface area contributed by atoms with Gasteiger partial charge in [0.25, 0.3) is 0 Å². The van der Waals surface area contributed by atoms with Crippen LogP contribution in [0.4, 0.5) is 0 Å². The molecule has 6 heteroatoms. The average Bonchev–Trinajstić information content (AvgIpc) is 3.36. The summed E-state index contributed by atoms with van der Waals surface area (Å²) in [5.74, 6) is 0.532. The minimum absolute atomic E-state index is 0.0202. The van der Waals surface area contributed by atoms with Crippen molar-refractivity contribution < 1.29 is 10.2 Å². The fourth-order valence-electron chi connectivity index (χ4n) is 8.75. The Morgan fingerprint density at radius 1 is 0.857 bits per heavy atom. The second-order valence-electron chi connectivity index (χ2n) is 13.2. The number of piperidine rings is 1. The molecule has 5 atom stereocenters. The molecule has 3 bridgehead atoms. The average molecular weight is 567 g/mol. The predicted octanol–water partition coefficient (Wildman–Crippen LogP) is 6.86. The van der Waals surface area contributed by atoms with Crippen LogP contribution in [0, 0.1) is 11.3 Å². The molecular weight excluding hydrogens is 520 g/mol. The highest BCUT2D eigenvalue weighted by atomic mass is 16.3. The molecule has 0 saturated carbocycles. The fraction of sp³-hybridized carbons (Fsp3) is 0.528. The van der Waals surface area contributed by atoms with E-state index in [4.69, 9.17) is 4.98 Å². The van der Waals surface area contributed by atoms with Crippen LogP contribution < -0.4 is 5.32 Å². The predicted molar refractivity (Wildman–Crippen MR) is 171 cm³/mol. The van der Waals surface area contributed by atoms with Crippen molar-refractivity contribution >= 4 is 27.4 Å². The fourth-order valence-corrected chi connectivity index (χ4v) is 8.75. The van der Waals surface area contributed by atoms with Crippen LogP contribution in [-0.4, -0.2) is 62.9 Å². The zero-order chi connectivity index (χ0) is 28.6. The van der Waals surface area contributed by atoms with E-state index in [9.17, 15) is 10.2 Å². The summed E-state index contributed by atoms with van der Waals surface area (Å²) < 4.78 is 0. The molecule has 3 aromatic rings. The second-order valence-corrected chi connectivity index (χ2v) is 13.2. The summed E-state index contributed by atoms with van der Waals surface area (Å²) >= 11 is 0. The minimum atomic E-state index is -0.997. The number of phenolic OH excluding ortho intramolecular Hbond substituents is 1. The van der Waals surface area contributed by atoms with E-state index < -0.39 is 5.60 Å². The number of pyridine rings is 1. The van der Waals surface area contributed by atoms with E-state index in [0.29, 0.717) is 6.42 Å². The molecule has 0 radical (unpaired) electrons. The number of hydrogen-bond donors (Lipinski definition) is 4. The van der Waals surface area contributed by atoms with Crippen molar-refractivity contribution in [2.45, 2.75) is 82.3 Å². The van der Waals surface area contributed by atoms with Crippen LogP contribution in [0.15, 0.2) is 60.8 Å². The van der Waals surface area contributed by atoms with Crippen LogP contribution in [0.1, 0.15) is 76.3 Å². The van der Waals surface area contributed by atoms with Gasteiger partial charge in [-0.2, -0.15) is 0 Å². The minimum Gasteiger partial charge on any atom is -0.506 e. The molecule has 6 nitrogen and oxygen atoms in total. The molecule has 2 unspecified atom stereocenters. The Morgan fingerprint density at radius 3 is 2.52 bits per heavy atom. The summed E-state index contributed by atoms with van der Waals surface area (Å²) in [4.78, 5) is 11.3. The first-order valence-electron chi connectivity index (χ1n) is 16.4. The molecule has 4 aliphatic rings. The summed E-state index contributed by atoms with van der Waals surface area (Å²) in [5.41, 5.74) is 2.71. The summed E-state index contributed by atoms with van der Waals surface area (Å²) in [5, 5.41) is 29.7. The SMILES string of the molecule is Oc1cccc2c1[nH]c1c(C3=C[C@@]4(O)CC/C=C\CCCCN5CCC3[C@]3(CC/C=C\CCCCN[C@H]34)C5)nccc12. The molecule has 1 saturated heterocycles. The maximum absolute atomic E-state index is 12.9. The molecule has 1 aromatic carbocycles. The van der Waals surface area contributed by atoms with Gasteiger partial charge in [0.15, 0.2) is 0 Å². The van der Waals surface area contributed by atoms with Crippen molar-refractivity contribution in [3.63, 3.8) is 0 Å². The number of aromatic nitrogens is 2. The first-order valence-corrected chi connectivity index (χ1v) is 16.4. The van der Waals surface area contributed by atoms with Crippen LogP contribution in [0.3, 0.4) is 0 Å². The van der Waals surface area contributed by atoms with Gasteiger partial charge in [-0.15, -0.1) is 0 Å². The van der Waals surface area contributed by atoms with Crippen LogP contribution in [0.2, 0.25) is 0 Å². The first kappa shape index (κ1) is 27.9. The highest BCUT2D eigenvalue weighted by molar-refractivity contribution is 6.11. The maximum Gasteiger partial charge on any atom is 0.139 e. The largest absolute Gasteiger partial charge is 0.506 e. The Labute approximate surface area is 249 Å². The van der Waals surface area contributed by atoms with Gasteiger partial charge in [-0.05, 0) is 120 Å². The van der Waals surface area contributed by atoms with E-state index in [-0.39, 0.29) is 23.1 Å². The number of fused-ring (bicyclic) bond motifs is 4. The lowest BCUT2D eigenvalue weighted by molar-refractivity contribution is -0.0798. The standard InChI is InChI=1S/C36H46N4O2/c41-30-15-13-14-26-27-16-21-37-32(33(27)39-31(26)30)28-24-36(42)19-10-6-2-4-8-12-22-40-23-17-29(28)35(25-40)18-9-5-1-3-7-11-20-38-34(35)36/h1-2,5-6,13-16,21,24,29,34,38-39,41-42H,3-4,7-12,17-20,22-23,25H2/b5-1-,6-2-/t29?,34-,35+,36+/m1/s1. The zero-order valence-electron chi connectivity index (χ0n) is 24.8. The highest BCUT2D eigenvalue weighted by Crippen LogP contribution is 2.56. The third kappa shape index (κ3) is 4.91. The van der Waals surface area contributed by atoms with Gasteiger partial charge >= 0.3 is 0 Å². The molecule has 3 aliphatic heterocycles. The summed E-state index contributed by atoms with van der Waals surface area (Å²) in [6.07, 6.45) is 25.2. The van der Waals surface area contributed by atoms with E-state index in [0.717, 1.165) is 98.6 Å². The molecule has 7 rings (SSSR count). The third-order valence-electron chi connectivity index (χ3n) is 10.7. The number of aromatic hydroxyl groups is 1. The van der Waals surface area contributed by atoms with E-state index >= 15 is 0 Å². The van der Waals surface area contributed by atoms with Crippen molar-refractivity contribution in [1.82, 2.24) is 20.2 Å². The molecule has 42 heavy (non-hydrogen) atoms. The number of aliphatic hydroxyl groups is 1. The molecule has 222 valence electrons. The molecule has 5 heterocycles. The number of para-hydroxylation sites is 1. The summed E-state index contributed by atoms with van der Waals surface area (Å²) in [7, 11) is 0. The van der Waals surface area contributed by atoms with Crippen molar-refractivity contribution in [2.75, 3.05) is 26.2 Å². The van der Waals surface area contributed by atoms with Crippen LogP contribution >= 0.6 is 0 Å². The smallest absolute Gasteiger partial charge is 0.139 e. The number of hydrogen-bond acceptors (Lipinski definition) is 5. The number of nitrogens with one attached hydrogen (secondary N) is 2. The second kappa shape index (κ2) is 11.6. The van der Waals surface area contributed by atoms with Crippen LogP contribution in [0.5, 0.6) is 5.75 Å². The normalized spacial score (nSPS) is 34.3. The summed E-state index contributed by atoms with van der Waals surface area (Å²) in [6, 6.07) is 7.73. The number of phenols is 1. The molecule has 0 amide bonds. The Kier molecular flexibility index (Phi) is 7.72. The van der Waals surface area contributed by atoms with Gasteiger partial charge in [-0.1, -0.05) is 36.4 Å². The van der Waals surface area contributed by atoms with Gasteiger partial charge < -0.3 is 25.4 Å². The van der Waals surface area contributed by atoms with Gasteiger partial charge in [-0.25, -0.2) is 0 Å². The molecule has 2 aromatic heterocycles. The van der Waals surface area contributed by atoms with E-state index in [2.05, 4.69) is 51.6 Å². The van der Waals surface area contributed by atoms with Gasteiger partial charge in [0.1, 0.15) is 5.75 Å². The van der Waals surface area contributed by atoms with Gasteiger partial charge in [0.05, 0.1) is 22.3 Å². The Morgan fingerprint density at radius 2 is 1.64 bits per heavy atom. The van der Waals surface area contributed by atoms with Crippen molar-refractivity contribution in [1.29, 1.82) is 0 Å².